The molecule has 9 aliphatic rings. The lowest BCUT2D eigenvalue weighted by molar-refractivity contribution is -0.145. The van der Waals surface area contributed by atoms with Crippen LogP contribution in [0.1, 0.15) is 136 Å². The van der Waals surface area contributed by atoms with Crippen molar-refractivity contribution < 1.29 is 70.4 Å². The molecule has 3 aliphatic heterocycles. The van der Waals surface area contributed by atoms with E-state index in [1.165, 1.54) is 36.4 Å². The third kappa shape index (κ3) is 17.9. The number of cyclic esters (lactones) is 3. The van der Waals surface area contributed by atoms with E-state index in [-0.39, 0.29) is 143 Å². The number of benzene rings is 3. The van der Waals surface area contributed by atoms with Crippen molar-refractivity contribution >= 4 is 54.4 Å². The highest BCUT2D eigenvalue weighted by molar-refractivity contribution is 5.78. The third-order valence-corrected chi connectivity index (χ3v) is 24.5. The summed E-state index contributed by atoms with van der Waals surface area (Å²) >= 11 is 0. The molecule has 6 aliphatic carbocycles. The van der Waals surface area contributed by atoms with Crippen molar-refractivity contribution in [2.75, 3.05) is 19.8 Å². The van der Waals surface area contributed by atoms with Gasteiger partial charge in [0.15, 0.2) is 0 Å². The molecular weight excluding hydrogens is 1380 g/mol. The standard InChI is InChI=1S/3C29H33FN2O4/c3*1-3-35-29(34)32-23-10-11-24-20(14-23)15-26-27(17(2)36-28(26)33)25(24)12-9-22-8-7-19(16-31-22)18-5-4-6-21(30)13-18/h3*4-9,12-13,16-17,20,23-27H,3,10-11,14-15H2,1-2H3,(H,32,34)/b3*12-9+/t17-,20+,23+,24+,25-,26-,27-;17-,20+,23+,24-,25+,26-,27+;17-,20-,23-,24-,25-,26+,27-/m001/s1. The second-order valence-corrected chi connectivity index (χ2v) is 30.8. The second-order valence-electron chi connectivity index (χ2n) is 30.8. The first-order valence-corrected chi connectivity index (χ1v) is 38.9. The summed E-state index contributed by atoms with van der Waals surface area (Å²) in [7, 11) is 0. The molecule has 0 unspecified atom stereocenters. The van der Waals surface area contributed by atoms with Crippen LogP contribution >= 0.6 is 0 Å². The number of amides is 3. The minimum Gasteiger partial charge on any atom is -0.462 e. The molecule has 6 aromatic rings. The topological polar surface area (TPSA) is 233 Å². The van der Waals surface area contributed by atoms with Crippen LogP contribution in [-0.4, -0.2) is 107 Å². The fourth-order valence-electron chi connectivity index (χ4n) is 19.9. The van der Waals surface area contributed by atoms with Crippen molar-refractivity contribution in [3.05, 3.63) is 181 Å². The number of rotatable bonds is 15. The van der Waals surface area contributed by atoms with Gasteiger partial charge in [0.1, 0.15) is 35.8 Å². The number of halogens is 3. The molecule has 0 spiro atoms. The predicted molar refractivity (Wildman–Crippen MR) is 402 cm³/mol. The highest BCUT2D eigenvalue weighted by Gasteiger charge is 2.58. The van der Waals surface area contributed by atoms with Gasteiger partial charge < -0.3 is 44.4 Å². The van der Waals surface area contributed by atoms with E-state index in [1.54, 1.807) is 57.6 Å². The largest absolute Gasteiger partial charge is 0.462 e. The predicted octanol–water partition coefficient (Wildman–Crippen LogP) is 16.9. The first-order valence-electron chi connectivity index (χ1n) is 38.9. The van der Waals surface area contributed by atoms with Crippen molar-refractivity contribution in [1.29, 1.82) is 0 Å². The van der Waals surface area contributed by atoms with Crippen molar-refractivity contribution in [2.45, 2.75) is 155 Å². The number of nitrogens with one attached hydrogen (secondary N) is 3. The quantitative estimate of drug-likeness (QED) is 0.0641. The van der Waals surface area contributed by atoms with E-state index in [4.69, 9.17) is 28.4 Å². The van der Waals surface area contributed by atoms with Gasteiger partial charge in [-0.25, -0.2) is 27.6 Å². The SMILES string of the molecule is CCOC(=O)N[C@@H]1CC[C@@H]2[C@H](C1)C[C@@H]1C(=O)O[C@@H](C)[C@H]1[C@H]2/C=C/c1ccc(-c2cccc(F)c2)cn1.CCOC(=O)N[C@@H]1CC[C@@H]2[C@H](C1)C[C@@H]1C(=O)O[C@H](C)[C@@H]1[C@@H]2/C=C/c1ccc(-c2cccc(F)c2)cn1.CCOC(=O)N[C@@H]1CC[C@H]2[C@H](C1)C[C@@H]1C(=O)O[C@@H](C)[C@@H]1[C@@H]2/C=C/c1ccc(-c2cccc(F)c2)cn1. The molecule has 3 aromatic heterocycles. The van der Waals surface area contributed by atoms with Gasteiger partial charge in [-0.2, -0.15) is 0 Å². The molecule has 3 amide bonds. The van der Waals surface area contributed by atoms with Crippen molar-refractivity contribution in [3.63, 3.8) is 0 Å². The molecule has 0 bridgehead atoms. The maximum absolute atomic E-state index is 13.6. The molecule has 18 nitrogen and oxygen atoms in total. The Morgan fingerprint density at radius 3 is 0.944 bits per heavy atom. The number of carbonyl (C=O) groups is 6. The summed E-state index contributed by atoms with van der Waals surface area (Å²) in [6.45, 7) is 12.5. The lowest BCUT2D eigenvalue weighted by atomic mass is 9.57. The summed E-state index contributed by atoms with van der Waals surface area (Å²) in [5.74, 6) is 1.89. The van der Waals surface area contributed by atoms with Crippen LogP contribution in [-0.2, 0) is 42.8 Å². The van der Waals surface area contributed by atoms with Crippen LogP contribution in [0.5, 0.6) is 0 Å². The summed E-state index contributed by atoms with van der Waals surface area (Å²) in [6.07, 6.45) is 27.2. The highest BCUT2D eigenvalue weighted by atomic mass is 19.1. The van der Waals surface area contributed by atoms with Crippen LogP contribution in [0.2, 0.25) is 0 Å². The molecular formula is C87H99F3N6O12. The fraction of sp³-hybridized carbons (Fsp3) is 0.483. The van der Waals surface area contributed by atoms with Gasteiger partial charge in [0, 0.05) is 71.2 Å². The molecule has 6 heterocycles. The van der Waals surface area contributed by atoms with E-state index in [2.05, 4.69) is 49.1 Å². The molecule has 6 saturated carbocycles. The van der Waals surface area contributed by atoms with E-state index >= 15 is 0 Å². The molecule has 570 valence electrons. The Morgan fingerprint density at radius 1 is 0.407 bits per heavy atom. The summed E-state index contributed by atoms with van der Waals surface area (Å²) < 4.78 is 73.0. The molecule has 3 aromatic carbocycles. The average molecular weight is 1480 g/mol. The number of aromatic nitrogens is 3. The Kier molecular flexibility index (Phi) is 24.6. The van der Waals surface area contributed by atoms with E-state index < -0.39 is 0 Å². The van der Waals surface area contributed by atoms with Crippen LogP contribution in [0.4, 0.5) is 27.6 Å². The number of hydrogen-bond acceptors (Lipinski definition) is 15. The third-order valence-electron chi connectivity index (χ3n) is 24.5. The molecule has 15 rings (SSSR count). The van der Waals surface area contributed by atoms with Gasteiger partial charge in [-0.3, -0.25) is 29.3 Å². The van der Waals surface area contributed by atoms with Crippen molar-refractivity contribution in [1.82, 2.24) is 30.9 Å². The molecule has 108 heavy (non-hydrogen) atoms. The molecule has 0 radical (unpaired) electrons. The lowest BCUT2D eigenvalue weighted by Gasteiger charge is -2.47. The zero-order valence-corrected chi connectivity index (χ0v) is 62.2. The summed E-state index contributed by atoms with van der Waals surface area (Å²) in [6, 6.07) is 31.3. The smallest absolute Gasteiger partial charge is 0.407 e. The van der Waals surface area contributed by atoms with Crippen LogP contribution in [0.15, 0.2) is 146 Å². The van der Waals surface area contributed by atoms with E-state index in [9.17, 15) is 41.9 Å². The van der Waals surface area contributed by atoms with Crippen LogP contribution < -0.4 is 16.0 Å². The number of hydrogen-bond donors (Lipinski definition) is 3. The maximum atomic E-state index is 13.6. The lowest BCUT2D eigenvalue weighted by Crippen LogP contribution is -2.48. The van der Waals surface area contributed by atoms with Gasteiger partial charge in [0.25, 0.3) is 0 Å². The monoisotopic (exact) mass is 1480 g/mol. The van der Waals surface area contributed by atoms with Gasteiger partial charge in [0.05, 0.1) is 54.7 Å². The zero-order valence-electron chi connectivity index (χ0n) is 62.2. The van der Waals surface area contributed by atoms with Crippen molar-refractivity contribution in [2.24, 2.45) is 88.8 Å². The van der Waals surface area contributed by atoms with E-state index in [0.717, 1.165) is 128 Å². The minimum absolute atomic E-state index is 0.0679. The number of carbonyl (C=O) groups excluding carboxylic acids is 6. The first kappa shape index (κ1) is 76.5. The molecule has 21 atom stereocenters. The molecule has 3 saturated heterocycles. The average Bonchev–Trinajstić information content (AvgIpc) is 1.54. The van der Waals surface area contributed by atoms with Gasteiger partial charge in [-0.1, -0.05) is 72.8 Å². The number of alkyl carbamates (subject to hydrolysis) is 3. The van der Waals surface area contributed by atoms with E-state index in [0.29, 0.717) is 55.3 Å². The maximum Gasteiger partial charge on any atom is 0.407 e. The number of fused-ring (bicyclic) bond motifs is 6. The summed E-state index contributed by atoms with van der Waals surface area (Å²) in [5.41, 5.74) is 7.43. The van der Waals surface area contributed by atoms with Gasteiger partial charge in [-0.15, -0.1) is 0 Å². The zero-order chi connectivity index (χ0) is 75.7. The Balaban J connectivity index is 0.000000143. The number of pyridine rings is 3. The Labute approximate surface area is 630 Å². The molecule has 3 N–H and O–H groups in total. The van der Waals surface area contributed by atoms with Gasteiger partial charge in [0.2, 0.25) is 0 Å². The van der Waals surface area contributed by atoms with Crippen LogP contribution in [0.3, 0.4) is 0 Å². The van der Waals surface area contributed by atoms with Crippen LogP contribution in [0, 0.1) is 106 Å². The number of allylic oxidation sites excluding steroid dienone is 3. The molecule has 9 fully saturated rings. The number of nitrogens with zero attached hydrogens (tertiary/aromatic N) is 3. The van der Waals surface area contributed by atoms with Gasteiger partial charge >= 0.3 is 36.2 Å². The highest BCUT2D eigenvalue weighted by Crippen LogP contribution is 2.57. The second kappa shape index (κ2) is 34.7. The van der Waals surface area contributed by atoms with Gasteiger partial charge in [-0.05, 0) is 261 Å². The van der Waals surface area contributed by atoms with E-state index in [1.807, 2.05) is 93.6 Å². The fourth-order valence-corrected chi connectivity index (χ4v) is 19.9. The Morgan fingerprint density at radius 2 is 0.694 bits per heavy atom. The Hall–Kier alpha value is -9.66. The van der Waals surface area contributed by atoms with Crippen LogP contribution in [0.25, 0.3) is 51.6 Å². The molecule has 21 heteroatoms. The summed E-state index contributed by atoms with van der Waals surface area (Å²) in [5, 5.41) is 9.00. The van der Waals surface area contributed by atoms with Crippen molar-refractivity contribution in [3.8, 4) is 33.4 Å². The minimum atomic E-state index is -0.368. The number of ether oxygens (including phenoxy) is 6. The summed E-state index contributed by atoms with van der Waals surface area (Å²) in [4.78, 5) is 87.7. The number of esters is 3. The Bertz CT molecular complexity index is 3830. The normalized spacial score (nSPS) is 31.4. The first-order chi connectivity index (χ1) is 52.3.